The van der Waals surface area contributed by atoms with Gasteiger partial charge in [-0.3, -0.25) is 4.79 Å². The van der Waals surface area contributed by atoms with Crippen LogP contribution in [0.1, 0.15) is 45.6 Å². The molecule has 3 nitrogen and oxygen atoms in total. The van der Waals surface area contributed by atoms with Crippen LogP contribution in [0.5, 0.6) is 5.75 Å². The summed E-state index contributed by atoms with van der Waals surface area (Å²) in [6.07, 6.45) is 0.727. The first-order chi connectivity index (χ1) is 9.01. The van der Waals surface area contributed by atoms with Gasteiger partial charge in [-0.05, 0) is 31.9 Å². The molecule has 2 atom stereocenters. The lowest BCUT2D eigenvalue weighted by Crippen LogP contribution is -2.34. The molecular formula is C16H24O3. The molecule has 0 spiro atoms. The standard InChI is InChI=1S/C16H24O3/c1-6-16(4,15(17)19-7-2)12(3)13-10-8-9-11-14(13)18-5/h8-12H,6-7H2,1-5H3. The molecule has 1 aromatic rings. The fourth-order valence-electron chi connectivity index (χ4n) is 2.29. The van der Waals surface area contributed by atoms with Crippen molar-refractivity contribution in [3.05, 3.63) is 29.8 Å². The van der Waals surface area contributed by atoms with Gasteiger partial charge in [-0.1, -0.05) is 32.0 Å². The van der Waals surface area contributed by atoms with Crippen molar-refractivity contribution in [1.82, 2.24) is 0 Å². The summed E-state index contributed by atoms with van der Waals surface area (Å²) in [5.41, 5.74) is 0.507. The number of hydrogen-bond acceptors (Lipinski definition) is 3. The fourth-order valence-corrected chi connectivity index (χ4v) is 2.29. The van der Waals surface area contributed by atoms with Crippen molar-refractivity contribution in [2.45, 2.75) is 40.0 Å². The van der Waals surface area contributed by atoms with E-state index in [4.69, 9.17) is 9.47 Å². The first-order valence-corrected chi connectivity index (χ1v) is 6.81. The number of hydrogen-bond donors (Lipinski definition) is 0. The second-order valence-corrected chi connectivity index (χ2v) is 4.96. The number of rotatable bonds is 6. The Bertz CT molecular complexity index is 428. The minimum Gasteiger partial charge on any atom is -0.496 e. The van der Waals surface area contributed by atoms with Gasteiger partial charge in [0.15, 0.2) is 0 Å². The van der Waals surface area contributed by atoms with Crippen molar-refractivity contribution in [2.24, 2.45) is 5.41 Å². The van der Waals surface area contributed by atoms with E-state index in [-0.39, 0.29) is 11.9 Å². The zero-order valence-electron chi connectivity index (χ0n) is 12.5. The Morgan fingerprint density at radius 3 is 2.47 bits per heavy atom. The molecule has 0 saturated carbocycles. The predicted octanol–water partition coefficient (Wildman–Crippen LogP) is 3.78. The molecule has 0 saturated heterocycles. The quantitative estimate of drug-likeness (QED) is 0.733. The second kappa shape index (κ2) is 6.60. The SMILES string of the molecule is CCOC(=O)C(C)(CC)C(C)c1ccccc1OC. The summed E-state index contributed by atoms with van der Waals surface area (Å²) in [5.74, 6) is 0.711. The number of methoxy groups -OCH3 is 1. The summed E-state index contributed by atoms with van der Waals surface area (Å²) in [6.45, 7) is 8.28. The Kier molecular flexibility index (Phi) is 5.40. The van der Waals surface area contributed by atoms with Gasteiger partial charge in [0.25, 0.3) is 0 Å². The molecule has 1 aromatic carbocycles. The number of benzene rings is 1. The number of para-hydroxylation sites is 1. The minimum absolute atomic E-state index is 0.0349. The number of esters is 1. The molecule has 106 valence electrons. The van der Waals surface area contributed by atoms with Crippen molar-refractivity contribution < 1.29 is 14.3 Å². The van der Waals surface area contributed by atoms with E-state index in [0.29, 0.717) is 6.61 Å². The number of carbonyl (C=O) groups is 1. The van der Waals surface area contributed by atoms with Gasteiger partial charge in [-0.25, -0.2) is 0 Å². The van der Waals surface area contributed by atoms with E-state index in [2.05, 4.69) is 6.92 Å². The maximum Gasteiger partial charge on any atom is 0.312 e. The average Bonchev–Trinajstić information content (AvgIpc) is 2.45. The van der Waals surface area contributed by atoms with E-state index in [0.717, 1.165) is 17.7 Å². The van der Waals surface area contributed by atoms with Crippen LogP contribution in [0.15, 0.2) is 24.3 Å². The molecule has 0 radical (unpaired) electrons. The fraction of sp³-hybridized carbons (Fsp3) is 0.562. The Labute approximate surface area is 115 Å². The van der Waals surface area contributed by atoms with Crippen LogP contribution >= 0.6 is 0 Å². The molecule has 0 heterocycles. The van der Waals surface area contributed by atoms with Crippen LogP contribution < -0.4 is 4.74 Å². The van der Waals surface area contributed by atoms with E-state index < -0.39 is 5.41 Å². The van der Waals surface area contributed by atoms with Crippen LogP contribution in [0.3, 0.4) is 0 Å². The summed E-state index contributed by atoms with van der Waals surface area (Å²) in [6, 6.07) is 7.84. The van der Waals surface area contributed by atoms with Crippen LogP contribution in [-0.2, 0) is 9.53 Å². The average molecular weight is 264 g/mol. The topological polar surface area (TPSA) is 35.5 Å². The highest BCUT2D eigenvalue weighted by atomic mass is 16.5. The molecule has 3 heteroatoms. The molecule has 0 aliphatic rings. The summed E-state index contributed by atoms with van der Waals surface area (Å²) in [4.78, 5) is 12.2. The highest BCUT2D eigenvalue weighted by Gasteiger charge is 2.40. The van der Waals surface area contributed by atoms with Crippen molar-refractivity contribution in [3.63, 3.8) is 0 Å². The van der Waals surface area contributed by atoms with E-state index >= 15 is 0 Å². The molecule has 0 amide bonds. The largest absolute Gasteiger partial charge is 0.496 e. The van der Waals surface area contributed by atoms with Gasteiger partial charge in [0, 0.05) is 5.92 Å². The van der Waals surface area contributed by atoms with Gasteiger partial charge >= 0.3 is 5.97 Å². The highest BCUT2D eigenvalue weighted by molar-refractivity contribution is 5.78. The first kappa shape index (κ1) is 15.5. The monoisotopic (exact) mass is 264 g/mol. The molecule has 0 aromatic heterocycles. The van der Waals surface area contributed by atoms with Crippen molar-refractivity contribution in [3.8, 4) is 5.75 Å². The van der Waals surface area contributed by atoms with Gasteiger partial charge in [-0.15, -0.1) is 0 Å². The van der Waals surface area contributed by atoms with Crippen LogP contribution in [0.4, 0.5) is 0 Å². The Morgan fingerprint density at radius 1 is 1.32 bits per heavy atom. The second-order valence-electron chi connectivity index (χ2n) is 4.96. The van der Waals surface area contributed by atoms with Gasteiger partial charge < -0.3 is 9.47 Å². The number of ether oxygens (including phenoxy) is 2. The lowest BCUT2D eigenvalue weighted by Gasteiger charge is -2.33. The third-order valence-electron chi connectivity index (χ3n) is 4.04. The molecule has 0 bridgehead atoms. The van der Waals surface area contributed by atoms with Crippen molar-refractivity contribution in [1.29, 1.82) is 0 Å². The highest BCUT2D eigenvalue weighted by Crippen LogP contribution is 2.42. The van der Waals surface area contributed by atoms with Gasteiger partial charge in [0.05, 0.1) is 19.1 Å². The smallest absolute Gasteiger partial charge is 0.312 e. The van der Waals surface area contributed by atoms with Crippen molar-refractivity contribution >= 4 is 5.97 Å². The summed E-state index contributed by atoms with van der Waals surface area (Å²) < 4.78 is 10.6. The zero-order valence-corrected chi connectivity index (χ0v) is 12.5. The molecule has 19 heavy (non-hydrogen) atoms. The van der Waals surface area contributed by atoms with E-state index in [1.165, 1.54) is 0 Å². The van der Waals surface area contributed by atoms with E-state index in [1.54, 1.807) is 7.11 Å². The molecule has 2 unspecified atom stereocenters. The predicted molar refractivity (Wildman–Crippen MR) is 76.4 cm³/mol. The van der Waals surface area contributed by atoms with Crippen LogP contribution in [0, 0.1) is 5.41 Å². The lowest BCUT2D eigenvalue weighted by molar-refractivity contribution is -0.156. The Morgan fingerprint density at radius 2 is 1.95 bits per heavy atom. The first-order valence-electron chi connectivity index (χ1n) is 6.81. The third kappa shape index (κ3) is 3.09. The Balaban J connectivity index is 3.14. The van der Waals surface area contributed by atoms with Crippen LogP contribution in [0.2, 0.25) is 0 Å². The van der Waals surface area contributed by atoms with E-state index in [9.17, 15) is 4.79 Å². The van der Waals surface area contributed by atoms with Gasteiger partial charge in [-0.2, -0.15) is 0 Å². The zero-order chi connectivity index (χ0) is 14.5. The molecule has 0 aliphatic carbocycles. The summed E-state index contributed by atoms with van der Waals surface area (Å²) in [7, 11) is 1.65. The third-order valence-corrected chi connectivity index (χ3v) is 4.04. The maximum absolute atomic E-state index is 12.2. The molecule has 0 N–H and O–H groups in total. The molecular weight excluding hydrogens is 240 g/mol. The number of carbonyl (C=O) groups excluding carboxylic acids is 1. The van der Waals surface area contributed by atoms with Crippen LogP contribution in [-0.4, -0.2) is 19.7 Å². The molecule has 0 aliphatic heterocycles. The van der Waals surface area contributed by atoms with Crippen molar-refractivity contribution in [2.75, 3.05) is 13.7 Å². The van der Waals surface area contributed by atoms with Gasteiger partial charge in [0.1, 0.15) is 5.75 Å². The normalized spacial score (nSPS) is 15.4. The van der Waals surface area contributed by atoms with E-state index in [1.807, 2.05) is 45.0 Å². The maximum atomic E-state index is 12.2. The van der Waals surface area contributed by atoms with Gasteiger partial charge in [0.2, 0.25) is 0 Å². The van der Waals surface area contributed by atoms with Crippen LogP contribution in [0.25, 0.3) is 0 Å². The summed E-state index contributed by atoms with van der Waals surface area (Å²) in [5, 5.41) is 0. The molecule has 1 rings (SSSR count). The minimum atomic E-state index is -0.537. The molecule has 0 fully saturated rings. The summed E-state index contributed by atoms with van der Waals surface area (Å²) >= 11 is 0. The Hall–Kier alpha value is -1.51. The lowest BCUT2D eigenvalue weighted by atomic mass is 9.72.